The molecule has 0 fully saturated rings. The summed E-state index contributed by atoms with van der Waals surface area (Å²) in [6.07, 6.45) is 0. The second-order valence-corrected chi connectivity index (χ2v) is 8.50. The quantitative estimate of drug-likeness (QED) is 0.230. The van der Waals surface area contributed by atoms with Crippen LogP contribution in [0.5, 0.6) is 0 Å². The molecule has 0 aliphatic rings. The van der Waals surface area contributed by atoms with Crippen LogP contribution in [0.25, 0.3) is 39.0 Å². The van der Waals surface area contributed by atoms with E-state index in [9.17, 15) is 0 Å². The molecule has 0 aliphatic carbocycles. The van der Waals surface area contributed by atoms with Crippen LogP contribution in [0.2, 0.25) is 0 Å². The van der Waals surface area contributed by atoms with Crippen molar-refractivity contribution in [1.82, 2.24) is 9.78 Å². The highest BCUT2D eigenvalue weighted by Crippen LogP contribution is 2.37. The number of aromatic nitrogens is 3. The van der Waals surface area contributed by atoms with Crippen LogP contribution >= 0.6 is 22.6 Å². The van der Waals surface area contributed by atoms with Gasteiger partial charge in [0, 0.05) is 33.4 Å². The average molecular weight is 494 g/mol. The summed E-state index contributed by atoms with van der Waals surface area (Å²) in [4.78, 5) is 0. The molecule has 29 heavy (non-hydrogen) atoms. The number of aryl methyl sites for hydroxylation is 3. The van der Waals surface area contributed by atoms with E-state index < -0.39 is 0 Å². The van der Waals surface area contributed by atoms with Gasteiger partial charge < -0.3 is 4.42 Å². The third-order valence-electron chi connectivity index (χ3n) is 5.61. The van der Waals surface area contributed by atoms with E-state index in [2.05, 4.69) is 102 Å². The SMILES string of the molecule is Cc1cccc(C)c1-n1nc(I)[n+](C)c1-c1c(C)ccc2c1oc1ccccc12. The Labute approximate surface area is 182 Å². The number of benzene rings is 3. The Balaban J connectivity index is 1.93. The molecule has 0 N–H and O–H groups in total. The Morgan fingerprint density at radius 3 is 2.34 bits per heavy atom. The second kappa shape index (κ2) is 6.69. The van der Waals surface area contributed by atoms with Gasteiger partial charge >= 0.3 is 3.83 Å². The molecule has 0 spiro atoms. The molecule has 4 nitrogen and oxygen atoms in total. The fourth-order valence-electron chi connectivity index (χ4n) is 4.16. The fraction of sp³-hybridized carbons (Fsp3) is 0.167. The van der Waals surface area contributed by atoms with Gasteiger partial charge in [-0.2, -0.15) is 0 Å². The minimum absolute atomic E-state index is 0.907. The van der Waals surface area contributed by atoms with Crippen molar-refractivity contribution in [2.75, 3.05) is 0 Å². The zero-order chi connectivity index (χ0) is 20.3. The van der Waals surface area contributed by atoms with E-state index in [0.717, 1.165) is 48.4 Å². The molecule has 0 amide bonds. The van der Waals surface area contributed by atoms with Crippen LogP contribution in [-0.4, -0.2) is 9.78 Å². The summed E-state index contributed by atoms with van der Waals surface area (Å²) in [5.74, 6) is 1.02. The number of hydrogen-bond acceptors (Lipinski definition) is 2. The molecule has 3 aromatic carbocycles. The van der Waals surface area contributed by atoms with Gasteiger partial charge in [-0.1, -0.05) is 53.2 Å². The standard InChI is InChI=1S/C24H21IN3O/c1-14-12-13-18-17-10-5-6-11-19(17)29-22(18)20(14)23-27(4)24(25)26-28(23)21-15(2)8-7-9-16(21)3/h5-13H,1-4H3/q+1. The summed E-state index contributed by atoms with van der Waals surface area (Å²) in [6.45, 7) is 6.40. The molecular formula is C24H21IN3O+. The lowest BCUT2D eigenvalue weighted by Crippen LogP contribution is -2.33. The van der Waals surface area contributed by atoms with E-state index in [1.54, 1.807) is 0 Å². The van der Waals surface area contributed by atoms with Gasteiger partial charge in [-0.15, -0.1) is 0 Å². The van der Waals surface area contributed by atoms with Crippen molar-refractivity contribution in [2.24, 2.45) is 7.05 Å². The zero-order valence-corrected chi connectivity index (χ0v) is 19.0. The first-order valence-corrected chi connectivity index (χ1v) is 10.7. The summed E-state index contributed by atoms with van der Waals surface area (Å²) < 4.78 is 11.5. The van der Waals surface area contributed by atoms with Crippen molar-refractivity contribution >= 4 is 44.5 Å². The van der Waals surface area contributed by atoms with Crippen molar-refractivity contribution < 1.29 is 8.98 Å². The van der Waals surface area contributed by atoms with E-state index >= 15 is 0 Å². The van der Waals surface area contributed by atoms with Gasteiger partial charge in [0.2, 0.25) is 0 Å². The summed E-state index contributed by atoms with van der Waals surface area (Å²) in [7, 11) is 2.06. The molecule has 2 aromatic heterocycles. The third kappa shape index (κ3) is 2.71. The van der Waals surface area contributed by atoms with E-state index in [0.29, 0.717) is 0 Å². The first kappa shape index (κ1) is 18.4. The van der Waals surface area contributed by atoms with Crippen molar-refractivity contribution in [3.05, 3.63) is 75.1 Å². The maximum atomic E-state index is 6.38. The van der Waals surface area contributed by atoms with Crippen LogP contribution in [-0.2, 0) is 7.05 Å². The van der Waals surface area contributed by atoms with Gasteiger partial charge in [0.05, 0.1) is 17.7 Å². The van der Waals surface area contributed by atoms with E-state index in [1.807, 2.05) is 12.1 Å². The molecule has 0 atom stereocenters. The summed E-state index contributed by atoms with van der Waals surface area (Å²) in [6, 6.07) is 18.9. The van der Waals surface area contributed by atoms with Crippen LogP contribution < -0.4 is 4.57 Å². The smallest absolute Gasteiger partial charge is 0.337 e. The molecule has 2 heterocycles. The first-order valence-electron chi connectivity index (χ1n) is 9.59. The number of halogens is 1. The predicted molar refractivity (Wildman–Crippen MR) is 124 cm³/mol. The Morgan fingerprint density at radius 1 is 0.862 bits per heavy atom. The lowest BCUT2D eigenvalue weighted by molar-refractivity contribution is -0.673. The topological polar surface area (TPSA) is 34.8 Å². The first-order chi connectivity index (χ1) is 14.0. The van der Waals surface area contributed by atoms with E-state index in [4.69, 9.17) is 9.52 Å². The molecule has 0 saturated carbocycles. The van der Waals surface area contributed by atoms with Gasteiger partial charge in [0.1, 0.15) is 16.9 Å². The third-order valence-corrected chi connectivity index (χ3v) is 6.55. The lowest BCUT2D eigenvalue weighted by atomic mass is 10.0. The number of nitrogens with zero attached hydrogens (tertiary/aromatic N) is 3. The lowest BCUT2D eigenvalue weighted by Gasteiger charge is -2.09. The molecule has 0 aliphatic heterocycles. The van der Waals surface area contributed by atoms with Crippen LogP contribution in [0.3, 0.4) is 0 Å². The van der Waals surface area contributed by atoms with Gasteiger partial charge in [-0.25, -0.2) is 4.57 Å². The number of fused-ring (bicyclic) bond motifs is 3. The van der Waals surface area contributed by atoms with Crippen LogP contribution in [0, 0.1) is 24.6 Å². The van der Waals surface area contributed by atoms with Crippen LogP contribution in [0.15, 0.2) is 59.0 Å². The van der Waals surface area contributed by atoms with Gasteiger partial charge in [-0.05, 0) is 43.5 Å². The van der Waals surface area contributed by atoms with Crippen molar-refractivity contribution in [3.8, 4) is 17.1 Å². The molecule has 144 valence electrons. The maximum Gasteiger partial charge on any atom is 0.337 e. The Bertz CT molecular complexity index is 1390. The molecule has 0 unspecified atom stereocenters. The average Bonchev–Trinajstić information content (AvgIpc) is 3.20. The van der Waals surface area contributed by atoms with Crippen LogP contribution in [0.1, 0.15) is 16.7 Å². The fourth-order valence-corrected chi connectivity index (χ4v) is 4.61. The normalized spacial score (nSPS) is 11.6. The van der Waals surface area contributed by atoms with Gasteiger partial charge in [0.25, 0.3) is 5.82 Å². The highest BCUT2D eigenvalue weighted by Gasteiger charge is 2.30. The Hall–Kier alpha value is -2.67. The molecule has 0 radical (unpaired) electrons. The number of rotatable bonds is 2. The second-order valence-electron chi connectivity index (χ2n) is 7.54. The molecule has 5 heteroatoms. The molecular weight excluding hydrogens is 473 g/mol. The Morgan fingerprint density at radius 2 is 1.59 bits per heavy atom. The largest absolute Gasteiger partial charge is 0.455 e. The van der Waals surface area contributed by atoms with Crippen molar-refractivity contribution in [2.45, 2.75) is 20.8 Å². The molecule has 5 rings (SSSR count). The zero-order valence-electron chi connectivity index (χ0n) is 16.8. The number of para-hydroxylation sites is 2. The summed E-state index contributed by atoms with van der Waals surface area (Å²) in [5.41, 5.74) is 7.57. The molecule has 5 aromatic rings. The van der Waals surface area contributed by atoms with Gasteiger partial charge in [-0.3, -0.25) is 0 Å². The van der Waals surface area contributed by atoms with Crippen molar-refractivity contribution in [3.63, 3.8) is 0 Å². The minimum atomic E-state index is 0.907. The summed E-state index contributed by atoms with van der Waals surface area (Å²) >= 11 is 2.30. The maximum absolute atomic E-state index is 6.38. The predicted octanol–water partition coefficient (Wildman–Crippen LogP) is 5.79. The Kier molecular flexibility index (Phi) is 4.24. The highest BCUT2D eigenvalue weighted by molar-refractivity contribution is 14.1. The monoisotopic (exact) mass is 494 g/mol. The number of hydrogen-bond donors (Lipinski definition) is 0. The highest BCUT2D eigenvalue weighted by atomic mass is 127. The molecule has 0 saturated heterocycles. The van der Waals surface area contributed by atoms with Gasteiger partial charge in [0.15, 0.2) is 0 Å². The van der Waals surface area contributed by atoms with Crippen LogP contribution in [0.4, 0.5) is 0 Å². The number of furan rings is 1. The molecule has 0 bridgehead atoms. The minimum Gasteiger partial charge on any atom is -0.455 e. The summed E-state index contributed by atoms with van der Waals surface area (Å²) in [5, 5.41) is 7.17. The van der Waals surface area contributed by atoms with Crippen molar-refractivity contribution in [1.29, 1.82) is 0 Å². The van der Waals surface area contributed by atoms with E-state index in [-0.39, 0.29) is 0 Å². The van der Waals surface area contributed by atoms with E-state index in [1.165, 1.54) is 11.1 Å².